The van der Waals surface area contributed by atoms with Crippen LogP contribution in [0.2, 0.25) is 0 Å². The molecule has 0 aliphatic heterocycles. The Morgan fingerprint density at radius 2 is 0.906 bits per heavy atom. The molecule has 4 heterocycles. The van der Waals surface area contributed by atoms with E-state index in [2.05, 4.69) is 41.0 Å². The average Bonchev–Trinajstić information content (AvgIpc) is 4.32. The van der Waals surface area contributed by atoms with Crippen molar-refractivity contribution in [1.29, 1.82) is 0 Å². The van der Waals surface area contributed by atoms with E-state index in [9.17, 15) is 6.85 Å². The van der Waals surface area contributed by atoms with Crippen LogP contribution in [0.1, 0.15) is 24.8 Å². The molecule has 0 fully saturated rings. The Labute approximate surface area is 388 Å². The monoisotopic (exact) mass is 832 g/mol. The van der Waals surface area contributed by atoms with Crippen molar-refractivity contribution >= 4 is 65.4 Å². The molecule has 4 aromatic heterocycles. The van der Waals surface area contributed by atoms with Crippen LogP contribution in [0.3, 0.4) is 0 Å². The molecule has 0 saturated carbocycles. The minimum Gasteiger partial charge on any atom is -0.309 e. The lowest BCUT2D eigenvalue weighted by Crippen LogP contribution is -2.01. The Balaban J connectivity index is 1.07. The van der Waals surface area contributed by atoms with Crippen LogP contribution in [0, 0.1) is 6.92 Å². The van der Waals surface area contributed by atoms with Crippen molar-refractivity contribution in [3.63, 3.8) is 0 Å². The zero-order valence-corrected chi connectivity index (χ0v) is 33.8. The number of hydrogen-bond acceptors (Lipinski definition) is 3. The lowest BCUT2D eigenvalue weighted by Gasteiger charge is -2.12. The van der Waals surface area contributed by atoms with E-state index in [1.807, 2.05) is 66.7 Å². The summed E-state index contributed by atoms with van der Waals surface area (Å²) >= 11 is 0. The number of aromatic nitrogens is 6. The number of rotatable bonds is 6. The van der Waals surface area contributed by atoms with Gasteiger partial charge in [-0.25, -0.2) is 15.0 Å². The summed E-state index contributed by atoms with van der Waals surface area (Å²) in [7, 11) is 0. The molecule has 0 spiro atoms. The summed E-state index contributed by atoms with van der Waals surface area (Å²) in [6, 6.07) is 32.9. The van der Waals surface area contributed by atoms with Gasteiger partial charge in [0.15, 0.2) is 17.5 Å². The molecule has 0 amide bonds. The van der Waals surface area contributed by atoms with E-state index in [4.69, 9.17) is 27.3 Å². The van der Waals surface area contributed by atoms with E-state index in [0.717, 1.165) is 43.2 Å². The molecular weight excluding hydrogens is 781 g/mol. The largest absolute Gasteiger partial charge is 0.309 e. The number of hydrogen-bond donors (Lipinski definition) is 0. The molecule has 0 saturated heterocycles. The summed E-state index contributed by atoms with van der Waals surface area (Å²) in [6.45, 7) is 1.53. The summed E-state index contributed by atoms with van der Waals surface area (Å²) < 4.78 is 133. The molecule has 64 heavy (non-hydrogen) atoms. The fraction of sp³-hybridized carbons (Fsp3) is 0.0172. The van der Waals surface area contributed by atoms with Crippen LogP contribution in [0.4, 0.5) is 0 Å². The van der Waals surface area contributed by atoms with Crippen LogP contribution >= 0.6 is 0 Å². The molecule has 0 unspecified atom stereocenters. The molecule has 0 bridgehead atoms. The van der Waals surface area contributed by atoms with Gasteiger partial charge in [-0.05, 0) is 97.3 Å². The van der Waals surface area contributed by atoms with Gasteiger partial charge in [0, 0.05) is 66.1 Å². The highest BCUT2D eigenvalue weighted by Gasteiger charge is 2.20. The van der Waals surface area contributed by atoms with Gasteiger partial charge in [0.25, 0.3) is 0 Å². The Kier molecular flexibility index (Phi) is 5.50. The first-order valence-electron chi connectivity index (χ1n) is 27.6. The lowest BCUT2D eigenvalue weighted by molar-refractivity contribution is 1.07. The summed E-state index contributed by atoms with van der Waals surface area (Å²) in [4.78, 5) is 15.1. The van der Waals surface area contributed by atoms with Gasteiger partial charge in [-0.2, -0.15) is 0 Å². The van der Waals surface area contributed by atoms with Crippen molar-refractivity contribution in [2.45, 2.75) is 6.92 Å². The first-order valence-corrected chi connectivity index (χ1v) is 20.6. The minimum atomic E-state index is -0.704. The van der Waals surface area contributed by atoms with Crippen molar-refractivity contribution in [2.75, 3.05) is 0 Å². The zero-order chi connectivity index (χ0) is 54.5. The number of para-hydroxylation sites is 4. The highest BCUT2D eigenvalue weighted by atomic mass is 15.0. The Morgan fingerprint density at radius 3 is 1.67 bits per heavy atom. The van der Waals surface area contributed by atoms with Gasteiger partial charge < -0.3 is 13.7 Å². The van der Waals surface area contributed by atoms with Gasteiger partial charge >= 0.3 is 0 Å². The normalized spacial score (nSPS) is 14.9. The lowest BCUT2D eigenvalue weighted by atomic mass is 10.1. The van der Waals surface area contributed by atoms with Gasteiger partial charge in [0.2, 0.25) is 0 Å². The molecule has 6 nitrogen and oxygen atoms in total. The molecule has 0 aliphatic rings. The van der Waals surface area contributed by atoms with Crippen molar-refractivity contribution in [2.24, 2.45) is 0 Å². The third kappa shape index (κ3) is 5.63. The van der Waals surface area contributed by atoms with Gasteiger partial charge in [0.1, 0.15) is 0 Å². The van der Waals surface area contributed by atoms with Gasteiger partial charge in [-0.1, -0.05) is 127 Å². The fourth-order valence-corrected chi connectivity index (χ4v) is 8.80. The van der Waals surface area contributed by atoms with Gasteiger partial charge in [-0.15, -0.1) is 0 Å². The SMILES string of the molecule is [2H]c1c(C)c([2H])c2c(c1[2H])c1c([2H])c(-n3c4c([2H])c([2H])c([2H])c([2H])c4c4c([2H])c([2H])c([2H])c([2H])c43)c([2H])c([2H])c1n2-c1cccc(-c2nc(-c3ccccc3)nc(-c3ccc4c(c3)c3ccccc3n4-c3ccccc3)n2)c1. The Bertz CT molecular complexity index is 4720. The van der Waals surface area contributed by atoms with Crippen molar-refractivity contribution < 1.29 is 19.2 Å². The van der Waals surface area contributed by atoms with E-state index < -0.39 is 72.2 Å². The van der Waals surface area contributed by atoms with E-state index in [1.165, 1.54) is 11.5 Å². The third-order valence-electron chi connectivity index (χ3n) is 11.6. The molecule has 0 N–H and O–H groups in total. The van der Waals surface area contributed by atoms with Crippen LogP contribution in [-0.4, -0.2) is 28.7 Å². The first kappa shape index (κ1) is 24.7. The molecule has 0 aliphatic carbocycles. The van der Waals surface area contributed by atoms with E-state index in [-0.39, 0.29) is 73.1 Å². The predicted molar refractivity (Wildman–Crippen MR) is 264 cm³/mol. The van der Waals surface area contributed by atoms with Crippen molar-refractivity contribution in [3.05, 3.63) is 218 Å². The van der Waals surface area contributed by atoms with Crippen LogP contribution in [0.15, 0.2) is 212 Å². The Hall–Kier alpha value is -8.61. The molecule has 0 radical (unpaired) electrons. The van der Waals surface area contributed by atoms with Crippen LogP contribution in [0.5, 0.6) is 0 Å². The van der Waals surface area contributed by atoms with Gasteiger partial charge in [-0.3, -0.25) is 0 Å². The van der Waals surface area contributed by atoms with E-state index in [1.54, 1.807) is 24.3 Å². The van der Waals surface area contributed by atoms with Crippen molar-refractivity contribution in [1.82, 2.24) is 28.7 Å². The third-order valence-corrected chi connectivity index (χ3v) is 11.6. The minimum absolute atomic E-state index is 0.0366. The smallest absolute Gasteiger partial charge is 0.164 e. The standard InChI is InChI=1S/C58H38N6/c1-37-27-30-47-49-36-43(63-50-24-11-8-21-44(50)45-22-9-12-25-51(45)63)29-32-54(49)64(55(47)33-37)42-20-14-17-39(34-42)57-59-56(38-15-4-2-5-16-38)60-58(61-57)40-28-31-53-48(35-40)46-23-10-13-26-52(46)62(53)41-18-6-3-7-19-41/h2-36H,1H3/i8D,9D,11D,12D,21D,22D,24D,25D,27D,29D,30D,32D,33D,36D. The molecule has 0 atom stereocenters. The molecular formula is C58H38N6. The highest BCUT2D eigenvalue weighted by molar-refractivity contribution is 6.13. The molecule has 300 valence electrons. The maximum Gasteiger partial charge on any atom is 0.164 e. The first-order chi connectivity index (χ1) is 37.5. The zero-order valence-electron chi connectivity index (χ0n) is 47.8. The average molecular weight is 833 g/mol. The van der Waals surface area contributed by atoms with E-state index >= 15 is 0 Å². The molecule has 6 heteroatoms. The van der Waals surface area contributed by atoms with Gasteiger partial charge in [0.05, 0.1) is 52.3 Å². The van der Waals surface area contributed by atoms with Crippen LogP contribution < -0.4 is 0 Å². The number of benzene rings is 9. The topological polar surface area (TPSA) is 53.5 Å². The second kappa shape index (κ2) is 14.2. The Morgan fingerprint density at radius 1 is 0.344 bits per heavy atom. The summed E-state index contributed by atoms with van der Waals surface area (Å²) in [5.74, 6) is 1.03. The summed E-state index contributed by atoms with van der Waals surface area (Å²) in [6.07, 6.45) is 0. The quantitative estimate of drug-likeness (QED) is 0.168. The summed E-state index contributed by atoms with van der Waals surface area (Å²) in [5, 5.41) is 1.24. The second-order valence-electron chi connectivity index (χ2n) is 15.4. The van der Waals surface area contributed by atoms with E-state index in [0.29, 0.717) is 22.9 Å². The second-order valence-corrected chi connectivity index (χ2v) is 15.4. The molecule has 13 aromatic rings. The van der Waals surface area contributed by atoms with Crippen LogP contribution in [0.25, 0.3) is 117 Å². The predicted octanol–water partition coefficient (Wildman–Crippen LogP) is 14.5. The fourth-order valence-electron chi connectivity index (χ4n) is 8.80. The maximum absolute atomic E-state index is 10.1. The summed E-state index contributed by atoms with van der Waals surface area (Å²) in [5.41, 5.74) is 4.16. The molecule has 13 rings (SSSR count). The maximum atomic E-state index is 10.1. The molecule has 9 aromatic carbocycles. The van der Waals surface area contributed by atoms with Crippen LogP contribution in [-0.2, 0) is 0 Å². The van der Waals surface area contributed by atoms with Crippen molar-refractivity contribution in [3.8, 4) is 51.2 Å². The highest BCUT2D eigenvalue weighted by Crippen LogP contribution is 2.39. The number of nitrogens with zero attached hydrogens (tertiary/aromatic N) is 6. The number of fused-ring (bicyclic) bond motifs is 9.